The fourth-order valence-electron chi connectivity index (χ4n) is 2.36. The number of fused-ring (bicyclic) bond motifs is 1. The number of amides is 3. The maximum absolute atomic E-state index is 12.3. The first kappa shape index (κ1) is 16.2. The van der Waals surface area contributed by atoms with E-state index in [0.29, 0.717) is 23.2 Å². The van der Waals surface area contributed by atoms with Crippen molar-refractivity contribution in [3.63, 3.8) is 0 Å². The first-order valence-corrected chi connectivity index (χ1v) is 7.80. The highest BCUT2D eigenvalue weighted by Crippen LogP contribution is 2.24. The van der Waals surface area contributed by atoms with Gasteiger partial charge < -0.3 is 5.32 Å². The number of hydrogen-bond donors (Lipinski definition) is 1. The van der Waals surface area contributed by atoms with E-state index in [1.807, 2.05) is 20.8 Å². The highest BCUT2D eigenvalue weighted by Gasteiger charge is 2.35. The Morgan fingerprint density at radius 1 is 1.18 bits per heavy atom. The Bertz CT molecular complexity index is 610. The van der Waals surface area contributed by atoms with E-state index < -0.39 is 0 Å². The Balaban J connectivity index is 2.23. The minimum Gasteiger partial charge on any atom is -0.350 e. The molecule has 1 heterocycles. The molecule has 5 nitrogen and oxygen atoms in total. The maximum Gasteiger partial charge on any atom is 0.261 e. The van der Waals surface area contributed by atoms with E-state index >= 15 is 0 Å². The summed E-state index contributed by atoms with van der Waals surface area (Å²) in [6.07, 6.45) is 2.53. The van der Waals surface area contributed by atoms with Crippen molar-refractivity contribution >= 4 is 17.7 Å². The lowest BCUT2D eigenvalue weighted by molar-refractivity contribution is 0.0652. The van der Waals surface area contributed by atoms with E-state index in [2.05, 4.69) is 5.32 Å². The van der Waals surface area contributed by atoms with Crippen LogP contribution in [0.1, 0.15) is 71.1 Å². The number of unbranched alkanes of at least 4 members (excludes halogenated alkanes) is 1. The Labute approximate surface area is 130 Å². The van der Waals surface area contributed by atoms with Gasteiger partial charge in [-0.05, 0) is 38.0 Å². The summed E-state index contributed by atoms with van der Waals surface area (Å²) >= 11 is 0. The van der Waals surface area contributed by atoms with Gasteiger partial charge in [0.15, 0.2) is 0 Å². The zero-order valence-corrected chi connectivity index (χ0v) is 13.3. The second-order valence-electron chi connectivity index (χ2n) is 5.66. The lowest BCUT2D eigenvalue weighted by Gasteiger charge is -2.12. The molecule has 1 N–H and O–H groups in total. The number of carbonyl (C=O) groups is 3. The van der Waals surface area contributed by atoms with Gasteiger partial charge in [-0.25, -0.2) is 0 Å². The molecule has 3 amide bonds. The highest BCUT2D eigenvalue weighted by atomic mass is 16.2. The smallest absolute Gasteiger partial charge is 0.261 e. The molecule has 2 rings (SSSR count). The van der Waals surface area contributed by atoms with Crippen LogP contribution in [-0.4, -0.2) is 35.2 Å². The van der Waals surface area contributed by atoms with Gasteiger partial charge in [-0.1, -0.05) is 20.3 Å². The highest BCUT2D eigenvalue weighted by molar-refractivity contribution is 6.22. The average molecular weight is 302 g/mol. The van der Waals surface area contributed by atoms with Crippen molar-refractivity contribution < 1.29 is 14.4 Å². The molecule has 1 aliphatic rings. The average Bonchev–Trinajstić information content (AvgIpc) is 2.76. The van der Waals surface area contributed by atoms with Crippen LogP contribution in [0.4, 0.5) is 0 Å². The van der Waals surface area contributed by atoms with Crippen molar-refractivity contribution in [2.45, 2.75) is 46.1 Å². The molecule has 1 aliphatic heterocycles. The van der Waals surface area contributed by atoms with Crippen LogP contribution in [0.25, 0.3) is 0 Å². The number of benzene rings is 1. The molecule has 5 heteroatoms. The number of carbonyl (C=O) groups excluding carboxylic acids is 3. The second kappa shape index (κ2) is 6.73. The molecule has 0 aromatic heterocycles. The van der Waals surface area contributed by atoms with Gasteiger partial charge in [0.25, 0.3) is 17.7 Å². The summed E-state index contributed by atoms with van der Waals surface area (Å²) in [4.78, 5) is 38.0. The molecule has 0 unspecified atom stereocenters. The van der Waals surface area contributed by atoms with Gasteiger partial charge in [-0.15, -0.1) is 0 Å². The summed E-state index contributed by atoms with van der Waals surface area (Å²) in [5.74, 6) is -0.779. The van der Waals surface area contributed by atoms with Gasteiger partial charge in [0.2, 0.25) is 0 Å². The van der Waals surface area contributed by atoms with E-state index in [1.54, 1.807) is 12.1 Å². The third-order valence-corrected chi connectivity index (χ3v) is 3.96. The zero-order valence-electron chi connectivity index (χ0n) is 13.3. The third kappa shape index (κ3) is 3.03. The van der Waals surface area contributed by atoms with Gasteiger partial charge in [-0.3, -0.25) is 19.3 Å². The number of rotatable bonds is 6. The zero-order chi connectivity index (χ0) is 16.3. The van der Waals surface area contributed by atoms with Crippen molar-refractivity contribution in [3.8, 4) is 0 Å². The number of nitrogens with zero attached hydrogens (tertiary/aromatic N) is 1. The van der Waals surface area contributed by atoms with E-state index in [4.69, 9.17) is 0 Å². The summed E-state index contributed by atoms with van der Waals surface area (Å²) in [5, 5.41) is 2.86. The van der Waals surface area contributed by atoms with Crippen LogP contribution in [0.3, 0.4) is 0 Å². The van der Waals surface area contributed by atoms with Gasteiger partial charge in [-0.2, -0.15) is 0 Å². The number of hydrogen-bond acceptors (Lipinski definition) is 3. The van der Waals surface area contributed by atoms with Crippen molar-refractivity contribution in [1.29, 1.82) is 0 Å². The van der Waals surface area contributed by atoms with Crippen LogP contribution >= 0.6 is 0 Å². The summed E-state index contributed by atoms with van der Waals surface area (Å²) < 4.78 is 0. The first-order chi connectivity index (χ1) is 10.5. The van der Waals surface area contributed by atoms with E-state index in [1.165, 1.54) is 11.0 Å². The molecule has 0 aliphatic carbocycles. The fraction of sp³-hybridized carbons (Fsp3) is 0.471. The lowest BCUT2D eigenvalue weighted by Crippen LogP contribution is -2.32. The monoisotopic (exact) mass is 302 g/mol. The predicted octanol–water partition coefficient (Wildman–Crippen LogP) is 2.61. The van der Waals surface area contributed by atoms with Gasteiger partial charge in [0.05, 0.1) is 11.1 Å². The Kier molecular flexibility index (Phi) is 4.96. The predicted molar refractivity (Wildman–Crippen MR) is 83.9 cm³/mol. The largest absolute Gasteiger partial charge is 0.350 e. The standard InChI is InChI=1S/C17H22N2O3/c1-4-6-9-19-16(21)13-8-7-12(10-14(13)17(19)22)15(20)18-11(3)5-2/h7-8,10-11H,4-6,9H2,1-3H3,(H,18,20)/t11-/m1/s1. The Morgan fingerprint density at radius 2 is 1.86 bits per heavy atom. The quantitative estimate of drug-likeness (QED) is 0.821. The van der Waals surface area contributed by atoms with Gasteiger partial charge in [0, 0.05) is 18.2 Å². The SMILES string of the molecule is CCCCN1C(=O)c2ccc(C(=O)N[C@H](C)CC)cc2C1=O. The number of nitrogens with one attached hydrogen (secondary N) is 1. The number of imide groups is 1. The lowest BCUT2D eigenvalue weighted by atomic mass is 10.0. The maximum atomic E-state index is 12.3. The molecule has 1 atom stereocenters. The molecule has 0 saturated heterocycles. The van der Waals surface area contributed by atoms with Crippen molar-refractivity contribution in [2.24, 2.45) is 0 Å². The molecule has 1 aromatic rings. The van der Waals surface area contributed by atoms with Crippen LogP contribution in [-0.2, 0) is 0 Å². The molecule has 0 spiro atoms. The summed E-state index contributed by atoms with van der Waals surface area (Å²) in [5.41, 5.74) is 1.14. The van der Waals surface area contributed by atoms with Crippen LogP contribution in [0, 0.1) is 0 Å². The van der Waals surface area contributed by atoms with Gasteiger partial charge in [0.1, 0.15) is 0 Å². The van der Waals surface area contributed by atoms with Crippen LogP contribution in [0.5, 0.6) is 0 Å². The first-order valence-electron chi connectivity index (χ1n) is 7.80. The van der Waals surface area contributed by atoms with Gasteiger partial charge >= 0.3 is 0 Å². The van der Waals surface area contributed by atoms with Crippen molar-refractivity contribution in [3.05, 3.63) is 34.9 Å². The topological polar surface area (TPSA) is 66.5 Å². The van der Waals surface area contributed by atoms with E-state index in [0.717, 1.165) is 19.3 Å². The minimum absolute atomic E-state index is 0.0686. The second-order valence-corrected chi connectivity index (χ2v) is 5.66. The van der Waals surface area contributed by atoms with E-state index in [9.17, 15) is 14.4 Å². The molecular formula is C17H22N2O3. The van der Waals surface area contributed by atoms with Crippen LogP contribution in [0.15, 0.2) is 18.2 Å². The van der Waals surface area contributed by atoms with E-state index in [-0.39, 0.29) is 23.8 Å². The summed E-state index contributed by atoms with van der Waals surface area (Å²) in [6, 6.07) is 4.77. The Hall–Kier alpha value is -2.17. The summed E-state index contributed by atoms with van der Waals surface area (Å²) in [7, 11) is 0. The molecular weight excluding hydrogens is 280 g/mol. The van der Waals surface area contributed by atoms with Crippen LogP contribution in [0.2, 0.25) is 0 Å². The molecule has 22 heavy (non-hydrogen) atoms. The molecule has 0 bridgehead atoms. The van der Waals surface area contributed by atoms with Crippen LogP contribution < -0.4 is 5.32 Å². The van der Waals surface area contributed by atoms with Crippen molar-refractivity contribution in [1.82, 2.24) is 10.2 Å². The van der Waals surface area contributed by atoms with Crippen molar-refractivity contribution in [2.75, 3.05) is 6.54 Å². The molecule has 0 fully saturated rings. The third-order valence-electron chi connectivity index (χ3n) is 3.96. The molecule has 1 aromatic carbocycles. The molecule has 0 radical (unpaired) electrons. The normalized spacial score (nSPS) is 15.0. The summed E-state index contributed by atoms with van der Waals surface area (Å²) in [6.45, 7) is 6.35. The fourth-order valence-corrected chi connectivity index (χ4v) is 2.36. The Morgan fingerprint density at radius 3 is 2.50 bits per heavy atom. The molecule has 118 valence electrons. The molecule has 0 saturated carbocycles. The minimum atomic E-state index is -0.299.